The number of benzene rings is 4. The van der Waals surface area contributed by atoms with Crippen molar-refractivity contribution in [1.29, 1.82) is 0 Å². The summed E-state index contributed by atoms with van der Waals surface area (Å²) in [6.45, 7) is 3.73. The van der Waals surface area contributed by atoms with Crippen molar-refractivity contribution in [2.75, 3.05) is 52.6 Å². The lowest BCUT2D eigenvalue weighted by Gasteiger charge is -2.26. The number of aryl methyl sites for hydroxylation is 2. The third kappa shape index (κ3) is 15.7. The average molecular weight is 1140 g/mol. The molecule has 22 nitrogen and oxygen atoms in total. The van der Waals surface area contributed by atoms with Crippen LogP contribution in [0, 0.1) is 5.92 Å². The lowest BCUT2D eigenvalue weighted by Crippen LogP contribution is -2.44. The number of para-hydroxylation sites is 1. The molecule has 2 aliphatic rings. The van der Waals surface area contributed by atoms with E-state index in [0.717, 1.165) is 22.4 Å². The molecule has 0 aliphatic carbocycles. The molecular formula is C61H70N10O12. The van der Waals surface area contributed by atoms with Gasteiger partial charge in [-0.25, -0.2) is 15.7 Å². The van der Waals surface area contributed by atoms with E-state index in [-0.39, 0.29) is 96.1 Å². The summed E-state index contributed by atoms with van der Waals surface area (Å²) in [6, 6.07) is 24.6. The number of ether oxygens (including phenoxy) is 3. The maximum absolute atomic E-state index is 14.6. The van der Waals surface area contributed by atoms with Gasteiger partial charge < -0.3 is 54.3 Å². The molecule has 0 bridgehead atoms. The maximum Gasteiger partial charge on any atom is 0.419 e. The fraction of sp³-hybridized carbons (Fsp3) is 0.361. The Morgan fingerprint density at radius 1 is 0.735 bits per heavy atom. The van der Waals surface area contributed by atoms with Crippen molar-refractivity contribution in [2.24, 2.45) is 25.9 Å². The number of anilines is 5. The third-order valence-electron chi connectivity index (χ3n) is 14.4. The van der Waals surface area contributed by atoms with Crippen LogP contribution in [0.2, 0.25) is 0 Å². The largest absolute Gasteiger partial charge is 0.493 e. The van der Waals surface area contributed by atoms with Gasteiger partial charge in [0.25, 0.3) is 11.8 Å². The number of nitrogens with zero attached hydrogens (tertiary/aromatic N) is 5. The molecule has 436 valence electrons. The van der Waals surface area contributed by atoms with Crippen molar-refractivity contribution < 1.29 is 57.4 Å². The molecule has 6 N–H and O–H groups in total. The minimum absolute atomic E-state index is 0.0676. The van der Waals surface area contributed by atoms with Gasteiger partial charge >= 0.3 is 6.09 Å². The summed E-state index contributed by atoms with van der Waals surface area (Å²) in [7, 11) is 5.05. The zero-order valence-corrected chi connectivity index (χ0v) is 47.2. The molecule has 2 aromatic heterocycles. The van der Waals surface area contributed by atoms with E-state index in [2.05, 4.69) is 31.1 Å². The van der Waals surface area contributed by atoms with Crippen LogP contribution in [-0.4, -0.2) is 100 Å². The number of Topliss-reactive ketones (excluding diaryl/α,β-unsaturated/α-hetero) is 2. The predicted octanol–water partition coefficient (Wildman–Crippen LogP) is 8.30. The van der Waals surface area contributed by atoms with Gasteiger partial charge in [0.05, 0.1) is 56.5 Å². The minimum Gasteiger partial charge on any atom is -0.493 e. The number of carbonyl (C=O) groups excluding carboxylic acids is 8. The Morgan fingerprint density at radius 2 is 1.43 bits per heavy atom. The molecule has 2 aliphatic heterocycles. The molecule has 0 saturated heterocycles. The second-order valence-corrected chi connectivity index (χ2v) is 20.8. The SMILES string of the molecule is COc1cc2c(cc1OCCCC(=O)Nc1ccc(-c3cc(C(=O)Nc4cn(C)cn4)n(C)c3)cc1)N(C(=O)Oc1ccc(NC(=O)[C@@H](C)CC(=O)[C@@H](C)NC(=O)CCCCC(=O)CCCCON)cc1)C[C@@H]1Cc3ccccc3N1C2=O. The Labute approximate surface area is 480 Å². The molecule has 8 rings (SSSR count). The monoisotopic (exact) mass is 1130 g/mol. The van der Waals surface area contributed by atoms with Crippen LogP contribution in [0.5, 0.6) is 17.2 Å². The zero-order chi connectivity index (χ0) is 59.2. The summed E-state index contributed by atoms with van der Waals surface area (Å²) >= 11 is 0. The lowest BCUT2D eigenvalue weighted by atomic mass is 9.99. The average Bonchev–Trinajstić information content (AvgIpc) is 4.39. The molecule has 6 aromatic rings. The number of imidazole rings is 1. The van der Waals surface area contributed by atoms with Crippen LogP contribution in [0.3, 0.4) is 0 Å². The topological polar surface area (TPSA) is 277 Å². The summed E-state index contributed by atoms with van der Waals surface area (Å²) in [4.78, 5) is 118. The molecule has 0 radical (unpaired) electrons. The second-order valence-electron chi connectivity index (χ2n) is 20.8. The first-order valence-corrected chi connectivity index (χ1v) is 27.7. The standard InChI is InChI=1S/C61H70N10O12/c1-38(29-52(73)39(2)64-56(74)17-9-7-14-46(72)15-10-11-28-82-62)58(76)66-44-23-25-47(26-24-44)83-61(79)70-35-45-30-41-13-6-8-16-49(41)71(45)60(78)48-32-53(80-5)54(33-50(48)70)81-27-12-18-57(75)65-43-21-19-40(20-22-43)42-31-51(69(4)34-42)59(77)67-55-36-68(3)37-63-55/h6,8,13,16,19-26,31-34,36-39,45H,7,9-12,14-15,17-18,27-30,35,62H2,1-5H3,(H,64,74)(H,65,75)(H,66,76)(H,67,77)/t38-,39+,45-/m0/s1. The van der Waals surface area contributed by atoms with Crippen molar-refractivity contribution in [1.82, 2.24) is 19.4 Å². The van der Waals surface area contributed by atoms with E-state index in [1.165, 1.54) is 24.1 Å². The highest BCUT2D eigenvalue weighted by molar-refractivity contribution is 6.14. The molecule has 0 saturated carbocycles. The number of rotatable bonds is 27. The van der Waals surface area contributed by atoms with Crippen LogP contribution in [0.15, 0.2) is 110 Å². The molecular weight excluding hydrogens is 1060 g/mol. The van der Waals surface area contributed by atoms with Gasteiger partial charge in [-0.3, -0.25) is 38.5 Å². The maximum atomic E-state index is 14.6. The molecule has 83 heavy (non-hydrogen) atoms. The molecule has 0 unspecified atom stereocenters. The Hall–Kier alpha value is -9.15. The third-order valence-corrected chi connectivity index (χ3v) is 14.4. The molecule has 22 heteroatoms. The van der Waals surface area contributed by atoms with E-state index >= 15 is 0 Å². The highest BCUT2D eigenvalue weighted by Gasteiger charge is 2.42. The first kappa shape index (κ1) is 60.0. The van der Waals surface area contributed by atoms with Gasteiger partial charge in [0.1, 0.15) is 17.2 Å². The van der Waals surface area contributed by atoms with E-state index in [1.54, 1.807) is 89.9 Å². The van der Waals surface area contributed by atoms with Gasteiger partial charge in [0.15, 0.2) is 23.1 Å². The van der Waals surface area contributed by atoms with Crippen molar-refractivity contribution in [3.63, 3.8) is 0 Å². The van der Waals surface area contributed by atoms with Gasteiger partial charge in [-0.05, 0) is 111 Å². The summed E-state index contributed by atoms with van der Waals surface area (Å²) < 4.78 is 21.4. The van der Waals surface area contributed by atoms with Gasteiger partial charge in [0.2, 0.25) is 17.7 Å². The van der Waals surface area contributed by atoms with Crippen LogP contribution in [0.4, 0.5) is 33.4 Å². The molecule has 6 amide bonds. The minimum atomic E-state index is -0.816. The number of hydrogen-bond acceptors (Lipinski definition) is 14. The lowest BCUT2D eigenvalue weighted by molar-refractivity contribution is -0.129. The highest BCUT2D eigenvalue weighted by atomic mass is 16.6. The number of aromatic nitrogens is 3. The second kappa shape index (κ2) is 28.0. The van der Waals surface area contributed by atoms with Crippen LogP contribution in [0.25, 0.3) is 11.1 Å². The smallest absolute Gasteiger partial charge is 0.419 e. The van der Waals surface area contributed by atoms with Crippen LogP contribution >= 0.6 is 0 Å². The van der Waals surface area contributed by atoms with Gasteiger partial charge in [-0.15, -0.1) is 0 Å². The van der Waals surface area contributed by atoms with Crippen molar-refractivity contribution in [2.45, 2.75) is 96.6 Å². The highest BCUT2D eigenvalue weighted by Crippen LogP contribution is 2.43. The number of hydrogen-bond donors (Lipinski definition) is 5. The number of nitrogens with one attached hydrogen (secondary N) is 4. The number of unbranched alkanes of at least 4 members (excludes halogenated alkanes) is 2. The quantitative estimate of drug-likeness (QED) is 0.0240. The van der Waals surface area contributed by atoms with Crippen LogP contribution in [0.1, 0.15) is 104 Å². The number of ketones is 2. The van der Waals surface area contributed by atoms with E-state index in [4.69, 9.17) is 20.1 Å². The summed E-state index contributed by atoms with van der Waals surface area (Å²) in [6.07, 6.45) is 8.59. The number of amides is 6. The van der Waals surface area contributed by atoms with E-state index < -0.39 is 30.0 Å². The molecule has 4 aromatic carbocycles. The summed E-state index contributed by atoms with van der Waals surface area (Å²) in [5.74, 6) is 3.53. The van der Waals surface area contributed by atoms with Gasteiger partial charge in [-0.1, -0.05) is 37.3 Å². The fourth-order valence-corrected chi connectivity index (χ4v) is 9.93. The fourth-order valence-electron chi connectivity index (χ4n) is 9.93. The zero-order valence-electron chi connectivity index (χ0n) is 47.2. The van der Waals surface area contributed by atoms with E-state index in [0.29, 0.717) is 80.9 Å². The van der Waals surface area contributed by atoms with Crippen molar-refractivity contribution >= 4 is 75.8 Å². The molecule has 0 fully saturated rings. The van der Waals surface area contributed by atoms with Gasteiger partial charge in [-0.2, -0.15) is 0 Å². The first-order valence-electron chi connectivity index (χ1n) is 27.7. The predicted molar refractivity (Wildman–Crippen MR) is 311 cm³/mol. The normalized spacial score (nSPS) is 14.0. The number of methoxy groups -OCH3 is 1. The molecule has 3 atom stereocenters. The first-order chi connectivity index (χ1) is 40.0. The Kier molecular flexibility index (Phi) is 20.2. The van der Waals surface area contributed by atoms with Gasteiger partial charge in [0, 0.05) is 93.2 Å². The molecule has 4 heterocycles. The molecule has 0 spiro atoms. The van der Waals surface area contributed by atoms with Crippen molar-refractivity contribution in [3.8, 4) is 28.4 Å². The van der Waals surface area contributed by atoms with Crippen LogP contribution < -0.4 is 51.2 Å². The van der Waals surface area contributed by atoms with E-state index in [1.807, 2.05) is 49.6 Å². The van der Waals surface area contributed by atoms with E-state index in [9.17, 15) is 38.4 Å². The van der Waals surface area contributed by atoms with Crippen LogP contribution in [-0.2, 0) is 49.3 Å². The summed E-state index contributed by atoms with van der Waals surface area (Å²) in [5, 5.41) is 11.2. The van der Waals surface area contributed by atoms with Crippen molar-refractivity contribution in [3.05, 3.63) is 127 Å². The number of nitrogens with two attached hydrogens (primary N) is 1. The Morgan fingerprint density at radius 3 is 2.16 bits per heavy atom. The Balaban J connectivity index is 0.848. The summed E-state index contributed by atoms with van der Waals surface area (Å²) in [5.41, 5.74) is 5.19. The number of fused-ring (bicyclic) bond motifs is 4. The Bertz CT molecular complexity index is 3340. The number of carbonyl (C=O) groups is 8.